The van der Waals surface area contributed by atoms with Crippen LogP contribution in [0.2, 0.25) is 0 Å². The molecule has 3 aromatic heterocycles. The van der Waals surface area contributed by atoms with Gasteiger partial charge in [0.15, 0.2) is 0 Å². The third kappa shape index (κ3) is 16.4. The molecule has 3 atom stereocenters. The molecule has 5 heterocycles. The first-order chi connectivity index (χ1) is 43.1. The molecule has 3 fully saturated rings. The highest BCUT2D eigenvalue weighted by atomic mass is 32.1. The number of benzene rings is 4. The van der Waals surface area contributed by atoms with Crippen LogP contribution in [-0.4, -0.2) is 131 Å². The smallest absolute Gasteiger partial charge is 0.246 e. The van der Waals surface area contributed by atoms with Crippen LogP contribution in [0.1, 0.15) is 146 Å². The van der Waals surface area contributed by atoms with Crippen LogP contribution in [0.5, 0.6) is 0 Å². The molecule has 89 heavy (non-hydrogen) atoms. The van der Waals surface area contributed by atoms with Crippen LogP contribution in [0.15, 0.2) is 121 Å². The van der Waals surface area contributed by atoms with Crippen LogP contribution in [-0.2, 0) is 32.3 Å². The number of piperazine rings is 1. The van der Waals surface area contributed by atoms with Crippen molar-refractivity contribution in [2.45, 2.75) is 167 Å². The normalized spacial score (nSPS) is 18.4. The number of carbonyl (C=O) groups is 4. The van der Waals surface area contributed by atoms with E-state index in [2.05, 4.69) is 110 Å². The maximum absolute atomic E-state index is 14.1. The van der Waals surface area contributed by atoms with E-state index in [0.717, 1.165) is 170 Å². The van der Waals surface area contributed by atoms with Gasteiger partial charge in [-0.25, -0.2) is 9.97 Å². The number of rotatable bonds is 23. The third-order valence-electron chi connectivity index (χ3n) is 18.0. The van der Waals surface area contributed by atoms with Gasteiger partial charge in [0, 0.05) is 88.7 Å². The standard InChI is InChI=1S/C72H88N10O6S/c1-50-66(89-49-76-50)56-32-30-52(31-33-56)45-74-70(87)60-44-59(84)47-80(60)71(88)67(72(2,3)4)77-61(85)28-17-7-5-6-8-18-29-62(86)79-41-39-78(40-42-79)38-19-11-12-21-51-22-20-23-53(43-51)46-81-65(55-26-15-10-16-27-55)63(54-24-13-9-14-25-54)64-68(73)82(48-75-69(64)81)57-34-36-58(83)37-35-57/h9-10,13-16,20,22-27,30-33,43,48-49,57-60,67,73,83-84H,5-8,11,17-19,28-29,34-42,44-47H2,1-4H3,(H,74,87)(H,77,85)/t57?,58?,59-,60+,67-/m1/s1. The Hall–Kier alpha value is -7.75. The average Bonchev–Trinajstić information content (AvgIpc) is 1.60. The summed E-state index contributed by atoms with van der Waals surface area (Å²) in [6, 6.07) is 35.6. The molecule has 16 nitrogen and oxygen atoms in total. The molecule has 5 N–H and O–H groups in total. The molecule has 2 saturated heterocycles. The summed E-state index contributed by atoms with van der Waals surface area (Å²) in [6.07, 6.45) is 11.7. The number of aryl methyl sites for hydroxylation is 1. The fourth-order valence-corrected chi connectivity index (χ4v) is 13.8. The van der Waals surface area contributed by atoms with E-state index in [1.165, 1.54) is 4.90 Å². The van der Waals surface area contributed by atoms with Crippen LogP contribution in [0.25, 0.3) is 43.9 Å². The molecule has 17 heteroatoms. The molecule has 0 bridgehead atoms. The molecule has 0 spiro atoms. The summed E-state index contributed by atoms with van der Waals surface area (Å²) >= 11 is 1.58. The molecule has 10 rings (SSSR count). The Morgan fingerprint density at radius 3 is 2.12 bits per heavy atom. The number of thiazole rings is 1. The quantitative estimate of drug-likeness (QED) is 0.0305. The van der Waals surface area contributed by atoms with Gasteiger partial charge in [-0.2, -0.15) is 0 Å². The van der Waals surface area contributed by atoms with Crippen molar-refractivity contribution in [2.24, 2.45) is 5.41 Å². The number of fused-ring (bicyclic) bond motifs is 1. The van der Waals surface area contributed by atoms with Gasteiger partial charge in [-0.1, -0.05) is 155 Å². The zero-order valence-corrected chi connectivity index (χ0v) is 53.1. The van der Waals surface area contributed by atoms with Crippen molar-refractivity contribution < 1.29 is 29.4 Å². The number of likely N-dealkylation sites (tertiary alicyclic amines) is 1. The lowest BCUT2D eigenvalue weighted by Crippen LogP contribution is -2.57. The number of nitrogens with zero attached hydrogens (tertiary/aromatic N) is 7. The molecule has 0 radical (unpaired) electrons. The first-order valence-corrected chi connectivity index (χ1v) is 33.1. The topological polar surface area (TPSA) is 202 Å². The number of carbonyl (C=O) groups excluding carboxylic acids is 4. The van der Waals surface area contributed by atoms with Crippen LogP contribution in [0.3, 0.4) is 0 Å². The summed E-state index contributed by atoms with van der Waals surface area (Å²) in [5.41, 5.74) is 11.5. The number of aliphatic hydroxyl groups excluding tert-OH is 2. The molecule has 2 aliphatic heterocycles. The van der Waals surface area contributed by atoms with Gasteiger partial charge in [0.1, 0.15) is 23.2 Å². The molecule has 7 aromatic rings. The van der Waals surface area contributed by atoms with E-state index < -0.39 is 23.6 Å². The lowest BCUT2D eigenvalue weighted by Gasteiger charge is -2.35. The second-order valence-electron chi connectivity index (χ2n) is 25.6. The minimum Gasteiger partial charge on any atom is -0.393 e. The Labute approximate surface area is 528 Å². The van der Waals surface area contributed by atoms with Gasteiger partial charge in [0.25, 0.3) is 0 Å². The van der Waals surface area contributed by atoms with Gasteiger partial charge in [0.05, 0.1) is 45.7 Å². The summed E-state index contributed by atoms with van der Waals surface area (Å²) in [4.78, 5) is 70.6. The van der Waals surface area contributed by atoms with E-state index >= 15 is 0 Å². The molecule has 4 aromatic carbocycles. The SMILES string of the molecule is Cc1ncsc1-c1ccc(CNC(=O)[C@@H]2C[C@@H](O)CN2C(=O)[C@@H](NC(=O)CCCCCCCCC(=O)N2CCN(CCCC#Cc3cccc(Cn4c(-c5ccccc5)c(-c5ccccc5)c5c(=N)n(C6CCC(O)CC6)cnc54)c3)CC2)C(C)(C)C)cc1. The molecular formula is C72H88N10O6S. The van der Waals surface area contributed by atoms with Gasteiger partial charge in [0.2, 0.25) is 23.6 Å². The molecule has 1 aliphatic carbocycles. The first kappa shape index (κ1) is 64.2. The maximum Gasteiger partial charge on any atom is 0.246 e. The second kappa shape index (κ2) is 30.2. The van der Waals surface area contributed by atoms with E-state index in [4.69, 9.17) is 4.98 Å². The Bertz CT molecular complexity index is 3660. The van der Waals surface area contributed by atoms with E-state index in [0.29, 0.717) is 24.9 Å². The van der Waals surface area contributed by atoms with Crippen molar-refractivity contribution in [3.8, 4) is 44.7 Å². The lowest BCUT2D eigenvalue weighted by atomic mass is 9.85. The second-order valence-corrected chi connectivity index (χ2v) is 26.5. The Balaban J connectivity index is 0.625. The molecular weight excluding hydrogens is 1130 g/mol. The van der Waals surface area contributed by atoms with Crippen LogP contribution in [0, 0.1) is 29.6 Å². The number of hydrogen-bond donors (Lipinski definition) is 5. The lowest BCUT2D eigenvalue weighted by molar-refractivity contribution is -0.144. The van der Waals surface area contributed by atoms with E-state index in [1.54, 1.807) is 11.3 Å². The molecule has 468 valence electrons. The number of amides is 4. The largest absolute Gasteiger partial charge is 0.393 e. The van der Waals surface area contributed by atoms with Crippen molar-refractivity contribution in [1.82, 2.24) is 44.4 Å². The highest BCUT2D eigenvalue weighted by molar-refractivity contribution is 7.13. The van der Waals surface area contributed by atoms with Crippen molar-refractivity contribution >= 4 is 46.0 Å². The average molecular weight is 1220 g/mol. The summed E-state index contributed by atoms with van der Waals surface area (Å²) in [6.45, 7) is 12.6. The van der Waals surface area contributed by atoms with E-state index in [-0.39, 0.29) is 61.7 Å². The fraction of sp³-hybridized carbons (Fsp3) is 0.458. The van der Waals surface area contributed by atoms with Gasteiger partial charge in [-0.3, -0.25) is 29.5 Å². The number of aromatic nitrogens is 4. The van der Waals surface area contributed by atoms with Crippen LogP contribution < -0.4 is 16.1 Å². The molecule has 0 unspecified atom stereocenters. The fourth-order valence-electron chi connectivity index (χ4n) is 13.0. The van der Waals surface area contributed by atoms with E-state index in [1.807, 2.05) is 85.4 Å². The molecule has 1 saturated carbocycles. The van der Waals surface area contributed by atoms with Crippen molar-refractivity contribution in [1.29, 1.82) is 5.41 Å². The minimum atomic E-state index is -0.867. The van der Waals surface area contributed by atoms with Gasteiger partial charge in [-0.05, 0) is 104 Å². The van der Waals surface area contributed by atoms with Crippen LogP contribution in [0.4, 0.5) is 0 Å². The zero-order valence-electron chi connectivity index (χ0n) is 52.3. The number of unbranched alkanes of at least 4 members (excludes halogenated alkanes) is 6. The number of β-amino-alcohol motifs (C(OH)–C–C–N with tert-alkyl or cyclic N) is 1. The van der Waals surface area contributed by atoms with Crippen molar-refractivity contribution in [3.05, 3.63) is 149 Å². The monoisotopic (exact) mass is 1220 g/mol. The van der Waals surface area contributed by atoms with Gasteiger partial charge >= 0.3 is 0 Å². The number of hydrogen-bond acceptors (Lipinski definition) is 11. The summed E-state index contributed by atoms with van der Waals surface area (Å²) in [5, 5.41) is 37.4. The molecule has 4 amide bonds. The summed E-state index contributed by atoms with van der Waals surface area (Å²) < 4.78 is 4.29. The first-order valence-electron chi connectivity index (χ1n) is 32.2. The minimum absolute atomic E-state index is 0.0243. The van der Waals surface area contributed by atoms with Crippen LogP contribution >= 0.6 is 11.3 Å². The summed E-state index contributed by atoms with van der Waals surface area (Å²) in [5.74, 6) is 6.18. The van der Waals surface area contributed by atoms with Crippen molar-refractivity contribution in [3.63, 3.8) is 0 Å². The van der Waals surface area contributed by atoms with E-state index in [9.17, 15) is 34.8 Å². The zero-order chi connectivity index (χ0) is 62.4. The third-order valence-corrected chi connectivity index (χ3v) is 18.9. The van der Waals surface area contributed by atoms with Gasteiger partial charge in [-0.15, -0.1) is 11.3 Å². The number of aliphatic hydroxyl groups is 2. The summed E-state index contributed by atoms with van der Waals surface area (Å²) in [7, 11) is 0. The predicted octanol–water partition coefficient (Wildman–Crippen LogP) is 10.8. The Morgan fingerprint density at radius 1 is 0.753 bits per heavy atom. The van der Waals surface area contributed by atoms with Crippen molar-refractivity contribution in [2.75, 3.05) is 39.3 Å². The number of nitrogens with one attached hydrogen (secondary N) is 3. The highest BCUT2D eigenvalue weighted by Crippen LogP contribution is 2.40. The highest BCUT2D eigenvalue weighted by Gasteiger charge is 2.44. The maximum atomic E-state index is 14.1. The Kier molecular flexibility index (Phi) is 21.8. The molecule has 3 aliphatic rings. The predicted molar refractivity (Wildman–Crippen MR) is 351 cm³/mol. The Morgan fingerprint density at radius 2 is 1.44 bits per heavy atom. The van der Waals surface area contributed by atoms with Gasteiger partial charge < -0.3 is 39.8 Å².